The molecule has 160 valence electrons. The van der Waals surface area contributed by atoms with E-state index >= 15 is 0 Å². The van der Waals surface area contributed by atoms with Crippen molar-refractivity contribution in [3.05, 3.63) is 119 Å². The predicted molar refractivity (Wildman–Crippen MR) is 132 cm³/mol. The van der Waals surface area contributed by atoms with E-state index in [1.54, 1.807) is 6.07 Å². The maximum absolute atomic E-state index is 13.4. The summed E-state index contributed by atoms with van der Waals surface area (Å²) in [6.45, 7) is 3.02. The number of benzene rings is 4. The van der Waals surface area contributed by atoms with Crippen molar-refractivity contribution in [3.8, 4) is 6.07 Å². The van der Waals surface area contributed by atoms with Crippen molar-refractivity contribution in [1.29, 1.82) is 5.26 Å². The van der Waals surface area contributed by atoms with Crippen LogP contribution in [0.4, 0.5) is 0 Å². The fourth-order valence-electron chi connectivity index (χ4n) is 4.43. The van der Waals surface area contributed by atoms with Crippen LogP contribution in [0, 0.1) is 18.3 Å². The molecule has 1 amide bonds. The number of nitriles is 1. The first-order chi connectivity index (χ1) is 16.1. The van der Waals surface area contributed by atoms with Gasteiger partial charge in [0.1, 0.15) is 5.69 Å². The van der Waals surface area contributed by atoms with Gasteiger partial charge in [-0.1, -0.05) is 66.7 Å². The molecule has 1 aromatic heterocycles. The number of carbonyl (C=O) groups excluding carboxylic acids is 1. The van der Waals surface area contributed by atoms with E-state index in [1.165, 1.54) is 0 Å². The molecule has 0 aliphatic heterocycles. The Balaban J connectivity index is 1.50. The Bertz CT molecular complexity index is 1530. The molecule has 0 bridgehead atoms. The number of nitrogens with zero attached hydrogens (tertiary/aromatic N) is 2. The van der Waals surface area contributed by atoms with Gasteiger partial charge in [0.25, 0.3) is 5.91 Å². The maximum Gasteiger partial charge on any atom is 0.268 e. The van der Waals surface area contributed by atoms with Crippen LogP contribution in [-0.4, -0.2) is 10.5 Å². The molecule has 5 rings (SSSR count). The lowest BCUT2D eigenvalue weighted by Gasteiger charge is -2.13. The molecule has 0 saturated heterocycles. The SMILES string of the molecule is Cc1cccc2c1cc(C(=O)NCc1cccc3ccccc13)n2Cc1cccc(C#N)c1. The van der Waals surface area contributed by atoms with Gasteiger partial charge in [0.2, 0.25) is 0 Å². The number of hydrogen-bond acceptors (Lipinski definition) is 2. The summed E-state index contributed by atoms with van der Waals surface area (Å²) in [5.74, 6) is -0.116. The number of carbonyl (C=O) groups is 1. The lowest BCUT2D eigenvalue weighted by atomic mass is 10.0. The first-order valence-electron chi connectivity index (χ1n) is 11.0. The standard InChI is InChI=1S/C29H23N3O/c1-20-7-4-14-27-26(20)16-28(32(27)19-22-9-5-8-21(15-22)17-30)29(33)31-18-24-12-6-11-23-10-2-3-13-25(23)24/h2-16H,18-19H2,1H3,(H,31,33). The molecule has 4 heteroatoms. The number of hydrogen-bond donors (Lipinski definition) is 1. The van der Waals surface area contributed by atoms with Gasteiger partial charge < -0.3 is 9.88 Å². The summed E-state index contributed by atoms with van der Waals surface area (Å²) < 4.78 is 2.04. The van der Waals surface area contributed by atoms with Crippen LogP contribution in [0.25, 0.3) is 21.7 Å². The predicted octanol–water partition coefficient (Wildman–Crippen LogP) is 5.95. The summed E-state index contributed by atoms with van der Waals surface area (Å²) in [6.07, 6.45) is 0. The average molecular weight is 430 g/mol. The van der Waals surface area contributed by atoms with Gasteiger partial charge >= 0.3 is 0 Å². The summed E-state index contributed by atoms with van der Waals surface area (Å²) in [5.41, 5.74) is 5.43. The Labute approximate surface area is 192 Å². The quantitative estimate of drug-likeness (QED) is 0.375. The van der Waals surface area contributed by atoms with E-state index in [9.17, 15) is 10.1 Å². The third-order valence-electron chi connectivity index (χ3n) is 6.11. The van der Waals surface area contributed by atoms with Crippen molar-refractivity contribution in [2.24, 2.45) is 0 Å². The fraction of sp³-hybridized carbons (Fsp3) is 0.103. The molecule has 0 saturated carbocycles. The van der Waals surface area contributed by atoms with Gasteiger partial charge in [-0.2, -0.15) is 5.26 Å². The highest BCUT2D eigenvalue weighted by Gasteiger charge is 2.17. The van der Waals surface area contributed by atoms with Gasteiger partial charge in [-0.25, -0.2) is 0 Å². The minimum absolute atomic E-state index is 0.116. The molecule has 0 aliphatic rings. The number of aromatic nitrogens is 1. The van der Waals surface area contributed by atoms with Crippen molar-refractivity contribution in [1.82, 2.24) is 9.88 Å². The van der Waals surface area contributed by atoms with E-state index in [4.69, 9.17) is 0 Å². The van der Waals surface area contributed by atoms with Gasteiger partial charge in [0.15, 0.2) is 0 Å². The monoisotopic (exact) mass is 429 g/mol. The Morgan fingerprint density at radius 1 is 0.909 bits per heavy atom. The first kappa shape index (κ1) is 20.5. The lowest BCUT2D eigenvalue weighted by molar-refractivity contribution is 0.0942. The normalized spacial score (nSPS) is 10.9. The van der Waals surface area contributed by atoms with E-state index in [0.717, 1.165) is 38.4 Å². The lowest BCUT2D eigenvalue weighted by Crippen LogP contribution is -2.25. The largest absolute Gasteiger partial charge is 0.347 e. The molecule has 0 aliphatic carbocycles. The van der Waals surface area contributed by atoms with Crippen LogP contribution in [0.5, 0.6) is 0 Å². The van der Waals surface area contributed by atoms with Gasteiger partial charge in [-0.05, 0) is 58.7 Å². The number of nitrogens with one attached hydrogen (secondary N) is 1. The van der Waals surface area contributed by atoms with Crippen LogP contribution in [0.2, 0.25) is 0 Å². The molecule has 33 heavy (non-hydrogen) atoms. The average Bonchev–Trinajstić information content (AvgIpc) is 3.22. The van der Waals surface area contributed by atoms with E-state index in [0.29, 0.717) is 24.3 Å². The molecule has 0 unspecified atom stereocenters. The zero-order chi connectivity index (χ0) is 22.8. The van der Waals surface area contributed by atoms with Crippen molar-refractivity contribution >= 4 is 27.6 Å². The summed E-state index contributed by atoms with van der Waals surface area (Å²) in [5, 5.41) is 15.8. The molecule has 1 N–H and O–H groups in total. The zero-order valence-corrected chi connectivity index (χ0v) is 18.4. The van der Waals surface area contributed by atoms with Crippen LogP contribution in [0.3, 0.4) is 0 Å². The van der Waals surface area contributed by atoms with Gasteiger partial charge in [-0.3, -0.25) is 4.79 Å². The Hall–Kier alpha value is -4.36. The second-order valence-electron chi connectivity index (χ2n) is 8.26. The fourth-order valence-corrected chi connectivity index (χ4v) is 4.43. The number of amides is 1. The summed E-state index contributed by atoms with van der Waals surface area (Å²) >= 11 is 0. The van der Waals surface area contributed by atoms with E-state index in [2.05, 4.69) is 48.6 Å². The molecule has 0 atom stereocenters. The summed E-state index contributed by atoms with van der Waals surface area (Å²) in [7, 11) is 0. The van der Waals surface area contributed by atoms with E-state index in [1.807, 2.05) is 59.2 Å². The Kier molecular flexibility index (Phi) is 5.38. The van der Waals surface area contributed by atoms with Gasteiger partial charge in [0, 0.05) is 24.0 Å². The highest BCUT2D eigenvalue weighted by molar-refractivity contribution is 6.00. The third-order valence-corrected chi connectivity index (χ3v) is 6.11. The zero-order valence-electron chi connectivity index (χ0n) is 18.4. The number of fused-ring (bicyclic) bond motifs is 2. The van der Waals surface area contributed by atoms with Crippen molar-refractivity contribution in [3.63, 3.8) is 0 Å². The Morgan fingerprint density at radius 2 is 1.70 bits per heavy atom. The molecule has 0 radical (unpaired) electrons. The highest BCUT2D eigenvalue weighted by atomic mass is 16.1. The number of aryl methyl sites for hydroxylation is 1. The smallest absolute Gasteiger partial charge is 0.268 e. The van der Waals surface area contributed by atoms with Gasteiger partial charge in [-0.15, -0.1) is 0 Å². The Morgan fingerprint density at radius 3 is 2.58 bits per heavy atom. The third kappa shape index (κ3) is 3.97. The maximum atomic E-state index is 13.4. The van der Waals surface area contributed by atoms with Crippen LogP contribution in [-0.2, 0) is 13.1 Å². The van der Waals surface area contributed by atoms with Crippen molar-refractivity contribution < 1.29 is 4.79 Å². The van der Waals surface area contributed by atoms with Crippen molar-refractivity contribution in [2.75, 3.05) is 0 Å². The minimum Gasteiger partial charge on any atom is -0.347 e. The molecule has 1 heterocycles. The van der Waals surface area contributed by atoms with Crippen LogP contribution < -0.4 is 5.32 Å². The van der Waals surface area contributed by atoms with Crippen LogP contribution in [0.15, 0.2) is 91.0 Å². The minimum atomic E-state index is -0.116. The van der Waals surface area contributed by atoms with Gasteiger partial charge in [0.05, 0.1) is 11.6 Å². The number of rotatable bonds is 5. The summed E-state index contributed by atoms with van der Waals surface area (Å²) in [4.78, 5) is 13.4. The van der Waals surface area contributed by atoms with Crippen molar-refractivity contribution in [2.45, 2.75) is 20.0 Å². The van der Waals surface area contributed by atoms with Crippen LogP contribution >= 0.6 is 0 Å². The second-order valence-corrected chi connectivity index (χ2v) is 8.26. The highest BCUT2D eigenvalue weighted by Crippen LogP contribution is 2.25. The van der Waals surface area contributed by atoms with E-state index in [-0.39, 0.29) is 5.91 Å². The molecular weight excluding hydrogens is 406 g/mol. The molecule has 0 spiro atoms. The molecule has 0 fully saturated rings. The first-order valence-corrected chi connectivity index (χ1v) is 11.0. The van der Waals surface area contributed by atoms with Crippen LogP contribution in [0.1, 0.15) is 32.7 Å². The summed E-state index contributed by atoms with van der Waals surface area (Å²) in [6, 6.07) is 32.2. The topological polar surface area (TPSA) is 57.8 Å². The molecular formula is C29H23N3O. The van der Waals surface area contributed by atoms with E-state index < -0.39 is 0 Å². The molecule has 5 aromatic rings. The molecule has 4 nitrogen and oxygen atoms in total. The second kappa shape index (κ2) is 8.64. The molecule has 4 aromatic carbocycles.